The summed E-state index contributed by atoms with van der Waals surface area (Å²) in [6.07, 6.45) is 1.61. The Labute approximate surface area is 212 Å². The topological polar surface area (TPSA) is 138 Å². The van der Waals surface area contributed by atoms with E-state index in [2.05, 4.69) is 10.3 Å². The van der Waals surface area contributed by atoms with Gasteiger partial charge in [-0.05, 0) is 37.6 Å². The highest BCUT2D eigenvalue weighted by molar-refractivity contribution is 8.09. The predicted molar refractivity (Wildman–Crippen MR) is 134 cm³/mol. The smallest absolute Gasteiger partial charge is 0.273 e. The fourth-order valence-electron chi connectivity index (χ4n) is 4.10. The molecule has 3 atom stereocenters. The van der Waals surface area contributed by atoms with E-state index in [4.69, 9.17) is 10.5 Å². The minimum Gasteiger partial charge on any atom is -0.394 e. The van der Waals surface area contributed by atoms with Crippen LogP contribution in [-0.4, -0.2) is 69.7 Å². The molecule has 36 heavy (non-hydrogen) atoms. The molecule has 0 spiro atoms. The highest BCUT2D eigenvalue weighted by Crippen LogP contribution is 2.43. The van der Waals surface area contributed by atoms with Crippen LogP contribution in [0.4, 0.5) is 10.2 Å². The molecule has 3 heterocycles. The molecule has 0 radical (unpaired) electrons. The number of aliphatic hydroxyl groups excluding tert-OH is 1. The van der Waals surface area contributed by atoms with Crippen LogP contribution in [0.1, 0.15) is 35.5 Å². The third-order valence-electron chi connectivity index (χ3n) is 6.14. The molecule has 0 saturated carbocycles. The van der Waals surface area contributed by atoms with Gasteiger partial charge in [0.25, 0.3) is 5.91 Å². The van der Waals surface area contributed by atoms with E-state index in [9.17, 15) is 24.2 Å². The van der Waals surface area contributed by atoms with E-state index in [1.165, 1.54) is 22.7 Å². The molecule has 2 amide bonds. The number of nitrogens with one attached hydrogen (secondary N) is 1. The summed E-state index contributed by atoms with van der Waals surface area (Å²) in [6, 6.07) is 8.95. The van der Waals surface area contributed by atoms with Gasteiger partial charge in [-0.3, -0.25) is 9.59 Å². The van der Waals surface area contributed by atoms with Gasteiger partial charge in [-0.2, -0.15) is 0 Å². The van der Waals surface area contributed by atoms with E-state index in [0.29, 0.717) is 35.0 Å². The third kappa shape index (κ3) is 5.54. The number of halogens is 1. The first-order chi connectivity index (χ1) is 17.1. The van der Waals surface area contributed by atoms with Gasteiger partial charge in [-0.1, -0.05) is 36.0 Å². The predicted octanol–water partition coefficient (Wildman–Crippen LogP) is 1.91. The molecule has 0 bridgehead atoms. The number of hydrogen-bond donors (Lipinski definition) is 4. The van der Waals surface area contributed by atoms with E-state index in [1.807, 2.05) is 0 Å². The molecule has 1 fully saturated rings. The van der Waals surface area contributed by atoms with Gasteiger partial charge >= 0.3 is 0 Å². The van der Waals surface area contributed by atoms with Gasteiger partial charge in [-0.15, -0.1) is 0 Å². The molecular formula is C25H29FN4O5S. The number of rotatable bonds is 7. The number of pyridine rings is 1. The average molecular weight is 517 g/mol. The van der Waals surface area contributed by atoms with Gasteiger partial charge < -0.3 is 30.9 Å². The van der Waals surface area contributed by atoms with Crippen molar-refractivity contribution in [1.82, 2.24) is 9.88 Å². The van der Waals surface area contributed by atoms with Crippen molar-refractivity contribution in [2.45, 2.75) is 30.9 Å². The van der Waals surface area contributed by atoms with E-state index in [0.717, 1.165) is 0 Å². The molecule has 1 aromatic carbocycles. The first-order valence-electron chi connectivity index (χ1n) is 11.5. The number of benzene rings is 1. The Bertz CT molecular complexity index is 1190. The van der Waals surface area contributed by atoms with Gasteiger partial charge in [0.15, 0.2) is 0 Å². The number of amides is 2. The Morgan fingerprint density at radius 1 is 1.33 bits per heavy atom. The van der Waals surface area contributed by atoms with Crippen molar-refractivity contribution in [3.05, 3.63) is 65.1 Å². The summed E-state index contributed by atoms with van der Waals surface area (Å²) >= 11 is 1.23. The number of carbonyl (C=O) groups excluding carboxylic acids is 2. The van der Waals surface area contributed by atoms with E-state index >= 15 is 0 Å². The number of carbonyl (C=O) groups is 2. The van der Waals surface area contributed by atoms with Crippen LogP contribution in [0.3, 0.4) is 0 Å². The van der Waals surface area contributed by atoms with E-state index < -0.39 is 34.7 Å². The second-order valence-electron chi connectivity index (χ2n) is 9.21. The Hall–Kier alpha value is -2.99. The van der Waals surface area contributed by atoms with Crippen molar-refractivity contribution in [1.29, 1.82) is 0 Å². The second kappa shape index (κ2) is 10.6. The molecule has 1 aromatic heterocycles. The monoisotopic (exact) mass is 516 g/mol. The average Bonchev–Trinajstić information content (AvgIpc) is 3.26. The lowest BCUT2D eigenvalue weighted by molar-refractivity contribution is -0.120. The molecule has 1 saturated heterocycles. The van der Waals surface area contributed by atoms with Crippen LogP contribution in [0.5, 0.6) is 0 Å². The Morgan fingerprint density at radius 3 is 2.78 bits per heavy atom. The van der Waals surface area contributed by atoms with Gasteiger partial charge in [0.05, 0.1) is 42.8 Å². The lowest BCUT2D eigenvalue weighted by Gasteiger charge is -2.34. The van der Waals surface area contributed by atoms with Gasteiger partial charge in [0.2, 0.25) is 5.91 Å². The molecular weight excluding hydrogens is 487 g/mol. The SMILES string of the molecule is CC(C)(O)c1ccc(C2=CC(C(N)=O)C(Nc3cccc(C(=O)N4CCOCC4CO)n3)S2)c(F)c1. The molecule has 192 valence electrons. The molecule has 2 aromatic rings. The number of thioether (sulfide) groups is 1. The van der Waals surface area contributed by atoms with Crippen LogP contribution in [0.25, 0.3) is 4.91 Å². The molecule has 3 unspecified atom stereocenters. The van der Waals surface area contributed by atoms with Crippen molar-refractivity contribution in [2.75, 3.05) is 31.7 Å². The number of hydrogen-bond acceptors (Lipinski definition) is 8. The summed E-state index contributed by atoms with van der Waals surface area (Å²) in [5, 5.41) is 22.3. The maximum absolute atomic E-state index is 14.9. The lowest BCUT2D eigenvalue weighted by atomic mass is 9.96. The van der Waals surface area contributed by atoms with Gasteiger partial charge in [0, 0.05) is 17.0 Å². The minimum atomic E-state index is -1.19. The van der Waals surface area contributed by atoms with Crippen molar-refractivity contribution in [3.8, 4) is 0 Å². The fourth-order valence-corrected chi connectivity index (χ4v) is 5.43. The summed E-state index contributed by atoms with van der Waals surface area (Å²) in [5.74, 6) is -1.84. The molecule has 5 N–H and O–H groups in total. The third-order valence-corrected chi connectivity index (χ3v) is 7.41. The molecule has 4 rings (SSSR count). The number of morpholine rings is 1. The number of ether oxygens (including phenoxy) is 1. The standard InChI is InChI=1S/C25H29FN4O5S/c1-25(2,34)14-6-7-16(18(26)10-14)20-11-17(22(27)32)23(36-20)29-21-5-3-4-19(28-21)24(33)30-8-9-35-13-15(30)12-31/h3-7,10-11,15,17,23,31,34H,8-9,12-13H2,1-2H3,(H2,27,32)(H,28,29). The number of nitrogens with two attached hydrogens (primary N) is 1. The van der Waals surface area contributed by atoms with Crippen LogP contribution in [0, 0.1) is 11.7 Å². The zero-order chi connectivity index (χ0) is 26.0. The molecule has 0 aliphatic carbocycles. The number of aliphatic hydroxyl groups is 2. The normalized spacial score (nSPS) is 22.3. The van der Waals surface area contributed by atoms with Crippen molar-refractivity contribution in [2.24, 2.45) is 11.7 Å². The summed E-state index contributed by atoms with van der Waals surface area (Å²) in [6.45, 7) is 3.90. The highest BCUT2D eigenvalue weighted by Gasteiger charge is 2.35. The van der Waals surface area contributed by atoms with Gasteiger partial charge in [-0.25, -0.2) is 9.37 Å². The second-order valence-corrected chi connectivity index (χ2v) is 10.4. The maximum atomic E-state index is 14.9. The first kappa shape index (κ1) is 26.1. The van der Waals surface area contributed by atoms with Crippen molar-refractivity contribution in [3.63, 3.8) is 0 Å². The highest BCUT2D eigenvalue weighted by atomic mass is 32.2. The maximum Gasteiger partial charge on any atom is 0.273 e. The van der Waals surface area contributed by atoms with Gasteiger partial charge in [0.1, 0.15) is 17.3 Å². The van der Waals surface area contributed by atoms with E-state index in [1.54, 1.807) is 50.3 Å². The van der Waals surface area contributed by atoms with Crippen LogP contribution in [0.2, 0.25) is 0 Å². The summed E-state index contributed by atoms with van der Waals surface area (Å²) < 4.78 is 20.2. The number of primary amides is 1. The van der Waals surface area contributed by atoms with Crippen LogP contribution in [0.15, 0.2) is 42.5 Å². The minimum absolute atomic E-state index is 0.181. The number of nitrogens with zero attached hydrogens (tertiary/aromatic N) is 2. The zero-order valence-electron chi connectivity index (χ0n) is 20.0. The van der Waals surface area contributed by atoms with E-state index in [-0.39, 0.29) is 24.8 Å². The molecule has 2 aliphatic heterocycles. The lowest BCUT2D eigenvalue weighted by Crippen LogP contribution is -2.50. The Balaban J connectivity index is 1.53. The number of aromatic nitrogens is 1. The van der Waals surface area contributed by atoms with Crippen LogP contribution in [-0.2, 0) is 15.1 Å². The molecule has 9 nitrogen and oxygen atoms in total. The summed E-state index contributed by atoms with van der Waals surface area (Å²) in [4.78, 5) is 31.7. The zero-order valence-corrected chi connectivity index (χ0v) is 20.8. The Kier molecular flexibility index (Phi) is 7.65. The molecule has 2 aliphatic rings. The summed E-state index contributed by atoms with van der Waals surface area (Å²) in [5.41, 5.74) is 5.34. The summed E-state index contributed by atoms with van der Waals surface area (Å²) in [7, 11) is 0. The fraction of sp³-hybridized carbons (Fsp3) is 0.400. The first-order valence-corrected chi connectivity index (χ1v) is 12.4. The van der Waals surface area contributed by atoms with Crippen LogP contribution < -0.4 is 11.1 Å². The Morgan fingerprint density at radius 2 is 2.11 bits per heavy atom. The largest absolute Gasteiger partial charge is 0.394 e. The van der Waals surface area contributed by atoms with Crippen LogP contribution >= 0.6 is 11.8 Å². The quantitative estimate of drug-likeness (QED) is 0.438. The number of anilines is 1. The molecule has 11 heteroatoms. The van der Waals surface area contributed by atoms with Crippen molar-refractivity contribution < 1.29 is 28.9 Å². The van der Waals surface area contributed by atoms with Crippen molar-refractivity contribution >= 4 is 34.3 Å².